The largest absolute Gasteiger partial charge is 0.204 e. The van der Waals surface area contributed by atoms with Gasteiger partial charge in [-0.25, -0.2) is 8.78 Å². The maximum atomic E-state index is 13.8. The SMILES string of the molecule is Fc1cccc(CC2CCc3ccccc3C2Cl)c1F. The molecule has 1 aliphatic carbocycles. The van der Waals surface area contributed by atoms with Gasteiger partial charge < -0.3 is 0 Å². The van der Waals surface area contributed by atoms with Crippen molar-refractivity contribution in [3.8, 4) is 0 Å². The molecule has 3 heteroatoms. The average Bonchev–Trinajstić information content (AvgIpc) is 2.47. The van der Waals surface area contributed by atoms with Crippen LogP contribution in [0.4, 0.5) is 8.78 Å². The zero-order chi connectivity index (χ0) is 14.1. The number of fused-ring (bicyclic) bond motifs is 1. The number of aryl methyl sites for hydroxylation is 1. The maximum Gasteiger partial charge on any atom is 0.162 e. The van der Waals surface area contributed by atoms with E-state index < -0.39 is 11.6 Å². The highest BCUT2D eigenvalue weighted by atomic mass is 35.5. The summed E-state index contributed by atoms with van der Waals surface area (Å²) >= 11 is 6.54. The van der Waals surface area contributed by atoms with E-state index in [1.54, 1.807) is 12.1 Å². The molecule has 0 saturated carbocycles. The van der Waals surface area contributed by atoms with Crippen LogP contribution in [-0.2, 0) is 12.8 Å². The molecule has 0 heterocycles. The van der Waals surface area contributed by atoms with Crippen LogP contribution < -0.4 is 0 Å². The van der Waals surface area contributed by atoms with Crippen LogP contribution in [0, 0.1) is 17.6 Å². The molecule has 2 aromatic carbocycles. The van der Waals surface area contributed by atoms with Gasteiger partial charge in [-0.05, 0) is 47.9 Å². The monoisotopic (exact) mass is 292 g/mol. The molecule has 3 rings (SSSR count). The molecular formula is C17H15ClF2. The summed E-state index contributed by atoms with van der Waals surface area (Å²) in [6.07, 6.45) is 2.33. The number of alkyl halides is 1. The molecule has 1 aliphatic rings. The Morgan fingerprint density at radius 2 is 1.85 bits per heavy atom. The Morgan fingerprint density at radius 3 is 2.70 bits per heavy atom. The van der Waals surface area contributed by atoms with Gasteiger partial charge >= 0.3 is 0 Å². The van der Waals surface area contributed by atoms with Crippen LogP contribution in [0.2, 0.25) is 0 Å². The summed E-state index contributed by atoms with van der Waals surface area (Å²) < 4.78 is 27.0. The minimum absolute atomic E-state index is 0.136. The van der Waals surface area contributed by atoms with Gasteiger partial charge in [-0.2, -0.15) is 0 Å². The van der Waals surface area contributed by atoms with Crippen molar-refractivity contribution in [3.63, 3.8) is 0 Å². The van der Waals surface area contributed by atoms with Crippen molar-refractivity contribution < 1.29 is 8.78 Å². The molecular weight excluding hydrogens is 278 g/mol. The predicted molar refractivity (Wildman–Crippen MR) is 76.9 cm³/mol. The molecule has 0 amide bonds. The van der Waals surface area contributed by atoms with E-state index in [1.165, 1.54) is 5.56 Å². The van der Waals surface area contributed by atoms with E-state index in [-0.39, 0.29) is 11.3 Å². The van der Waals surface area contributed by atoms with Gasteiger partial charge in [0.25, 0.3) is 0 Å². The second kappa shape index (κ2) is 5.53. The third-order valence-electron chi connectivity index (χ3n) is 4.06. The summed E-state index contributed by atoms with van der Waals surface area (Å²) in [5.41, 5.74) is 2.81. The Morgan fingerprint density at radius 1 is 1.05 bits per heavy atom. The maximum absolute atomic E-state index is 13.8. The van der Waals surface area contributed by atoms with Crippen molar-refractivity contribution in [2.45, 2.75) is 24.6 Å². The fraction of sp³-hybridized carbons (Fsp3) is 0.294. The highest BCUT2D eigenvalue weighted by Gasteiger charge is 2.28. The summed E-state index contributed by atoms with van der Waals surface area (Å²) in [5, 5.41) is -0.136. The van der Waals surface area contributed by atoms with Gasteiger partial charge in [0, 0.05) is 0 Å². The van der Waals surface area contributed by atoms with Crippen molar-refractivity contribution in [3.05, 3.63) is 70.8 Å². The lowest BCUT2D eigenvalue weighted by Crippen LogP contribution is -2.19. The van der Waals surface area contributed by atoms with Gasteiger partial charge in [0.15, 0.2) is 11.6 Å². The summed E-state index contributed by atoms with van der Waals surface area (Å²) in [7, 11) is 0. The number of benzene rings is 2. The van der Waals surface area contributed by atoms with E-state index in [9.17, 15) is 8.78 Å². The van der Waals surface area contributed by atoms with E-state index in [0.29, 0.717) is 12.0 Å². The van der Waals surface area contributed by atoms with Crippen LogP contribution >= 0.6 is 11.6 Å². The number of hydrogen-bond donors (Lipinski definition) is 0. The minimum Gasteiger partial charge on any atom is -0.204 e. The summed E-state index contributed by atoms with van der Waals surface area (Å²) in [5.74, 6) is -1.39. The normalized spacial score (nSPS) is 21.6. The molecule has 0 saturated heterocycles. The minimum atomic E-state index is -0.787. The fourth-order valence-corrected chi connectivity index (χ4v) is 3.39. The van der Waals surface area contributed by atoms with Crippen molar-refractivity contribution in [1.82, 2.24) is 0 Å². The third-order valence-corrected chi connectivity index (χ3v) is 4.66. The zero-order valence-corrected chi connectivity index (χ0v) is 11.7. The fourth-order valence-electron chi connectivity index (χ4n) is 2.97. The topological polar surface area (TPSA) is 0 Å². The second-order valence-electron chi connectivity index (χ2n) is 5.32. The van der Waals surface area contributed by atoms with E-state index in [1.807, 2.05) is 18.2 Å². The Bertz CT molecular complexity index is 624. The summed E-state index contributed by atoms with van der Waals surface area (Å²) in [6.45, 7) is 0. The summed E-state index contributed by atoms with van der Waals surface area (Å²) in [4.78, 5) is 0. The van der Waals surface area contributed by atoms with Crippen LogP contribution in [0.5, 0.6) is 0 Å². The second-order valence-corrected chi connectivity index (χ2v) is 5.79. The first-order valence-electron chi connectivity index (χ1n) is 6.81. The van der Waals surface area contributed by atoms with Crippen molar-refractivity contribution >= 4 is 11.6 Å². The van der Waals surface area contributed by atoms with E-state index in [4.69, 9.17) is 11.6 Å². The third kappa shape index (κ3) is 2.45. The first-order chi connectivity index (χ1) is 9.66. The lowest BCUT2D eigenvalue weighted by molar-refractivity contribution is 0.425. The van der Waals surface area contributed by atoms with Gasteiger partial charge in [-0.3, -0.25) is 0 Å². The first-order valence-corrected chi connectivity index (χ1v) is 7.25. The Hall–Kier alpha value is -1.41. The van der Waals surface area contributed by atoms with Gasteiger partial charge in [0.1, 0.15) is 0 Å². The predicted octanol–water partition coefficient (Wildman–Crippen LogP) is 5.05. The van der Waals surface area contributed by atoms with Crippen molar-refractivity contribution in [2.75, 3.05) is 0 Å². The first kappa shape index (κ1) is 13.6. The molecule has 20 heavy (non-hydrogen) atoms. The van der Waals surface area contributed by atoms with Crippen molar-refractivity contribution in [1.29, 1.82) is 0 Å². The van der Waals surface area contributed by atoms with E-state index >= 15 is 0 Å². The number of halogens is 3. The molecule has 0 fully saturated rings. The Labute approximate surface area is 122 Å². The van der Waals surface area contributed by atoms with Crippen molar-refractivity contribution in [2.24, 2.45) is 5.92 Å². The highest BCUT2D eigenvalue weighted by molar-refractivity contribution is 6.21. The lowest BCUT2D eigenvalue weighted by atomic mass is 9.80. The van der Waals surface area contributed by atoms with Crippen LogP contribution in [0.3, 0.4) is 0 Å². The quantitative estimate of drug-likeness (QED) is 0.680. The van der Waals surface area contributed by atoms with Gasteiger partial charge in [0.2, 0.25) is 0 Å². The average molecular weight is 293 g/mol. The Kier molecular flexibility index (Phi) is 3.75. The molecule has 0 N–H and O–H groups in total. The summed E-state index contributed by atoms with van der Waals surface area (Å²) in [6, 6.07) is 12.4. The smallest absolute Gasteiger partial charge is 0.162 e. The Balaban J connectivity index is 1.85. The highest BCUT2D eigenvalue weighted by Crippen LogP contribution is 2.40. The van der Waals surface area contributed by atoms with Crippen LogP contribution in [0.15, 0.2) is 42.5 Å². The molecule has 2 atom stereocenters. The molecule has 2 unspecified atom stereocenters. The number of rotatable bonds is 2. The zero-order valence-electron chi connectivity index (χ0n) is 11.0. The number of hydrogen-bond acceptors (Lipinski definition) is 0. The molecule has 0 aromatic heterocycles. The van der Waals surface area contributed by atoms with Crippen LogP contribution in [0.25, 0.3) is 0 Å². The van der Waals surface area contributed by atoms with Crippen LogP contribution in [0.1, 0.15) is 28.5 Å². The standard InChI is InChI=1S/C17H15ClF2/c18-16-12(9-8-11-4-1-2-6-14(11)16)10-13-5-3-7-15(19)17(13)20/h1-7,12,16H,8-10H2. The van der Waals surface area contributed by atoms with E-state index in [2.05, 4.69) is 6.07 Å². The van der Waals surface area contributed by atoms with Gasteiger partial charge in [-0.1, -0.05) is 36.4 Å². The molecule has 0 nitrogen and oxygen atoms in total. The molecule has 0 spiro atoms. The molecule has 2 aromatic rings. The molecule has 0 radical (unpaired) electrons. The van der Waals surface area contributed by atoms with Gasteiger partial charge in [-0.15, -0.1) is 11.6 Å². The molecule has 0 aliphatic heterocycles. The molecule has 104 valence electrons. The van der Waals surface area contributed by atoms with E-state index in [0.717, 1.165) is 24.5 Å². The molecule has 0 bridgehead atoms. The lowest BCUT2D eigenvalue weighted by Gasteiger charge is -2.29. The van der Waals surface area contributed by atoms with Crippen LogP contribution in [-0.4, -0.2) is 0 Å². The van der Waals surface area contributed by atoms with Gasteiger partial charge in [0.05, 0.1) is 5.38 Å².